The SMILES string of the molecule is CC1(C(=O)O)CCCCC1NC(=O)C1=NNC(=O)CC1. The van der Waals surface area contributed by atoms with Gasteiger partial charge in [0.05, 0.1) is 5.41 Å². The minimum absolute atomic E-state index is 0.213. The van der Waals surface area contributed by atoms with Crippen molar-refractivity contribution in [1.82, 2.24) is 10.7 Å². The predicted octanol–water partition coefficient (Wildman–Crippen LogP) is 0.402. The van der Waals surface area contributed by atoms with Crippen molar-refractivity contribution in [3.63, 3.8) is 0 Å². The van der Waals surface area contributed by atoms with Gasteiger partial charge in [-0.25, -0.2) is 5.43 Å². The van der Waals surface area contributed by atoms with Gasteiger partial charge < -0.3 is 10.4 Å². The Morgan fingerprint density at radius 1 is 1.40 bits per heavy atom. The lowest BCUT2D eigenvalue weighted by Crippen LogP contribution is -2.54. The van der Waals surface area contributed by atoms with Crippen LogP contribution in [0.5, 0.6) is 0 Å². The third kappa shape index (κ3) is 2.81. The molecule has 0 bridgehead atoms. The zero-order valence-electron chi connectivity index (χ0n) is 11.4. The molecule has 20 heavy (non-hydrogen) atoms. The van der Waals surface area contributed by atoms with E-state index < -0.39 is 17.4 Å². The maximum Gasteiger partial charge on any atom is 0.311 e. The van der Waals surface area contributed by atoms with Crippen molar-refractivity contribution < 1.29 is 19.5 Å². The van der Waals surface area contributed by atoms with Crippen molar-refractivity contribution in [2.75, 3.05) is 0 Å². The van der Waals surface area contributed by atoms with E-state index in [9.17, 15) is 19.5 Å². The van der Waals surface area contributed by atoms with Gasteiger partial charge in [0.15, 0.2) is 0 Å². The van der Waals surface area contributed by atoms with E-state index >= 15 is 0 Å². The first-order chi connectivity index (χ1) is 9.43. The van der Waals surface area contributed by atoms with Crippen molar-refractivity contribution >= 4 is 23.5 Å². The molecule has 3 N–H and O–H groups in total. The zero-order valence-corrected chi connectivity index (χ0v) is 11.4. The van der Waals surface area contributed by atoms with Gasteiger partial charge in [0.1, 0.15) is 5.71 Å². The molecule has 1 aliphatic heterocycles. The second-order valence-electron chi connectivity index (χ2n) is 5.59. The van der Waals surface area contributed by atoms with Gasteiger partial charge in [0.25, 0.3) is 5.91 Å². The number of carbonyl (C=O) groups excluding carboxylic acids is 2. The van der Waals surface area contributed by atoms with Crippen LogP contribution in [0.2, 0.25) is 0 Å². The molecule has 2 rings (SSSR count). The third-order valence-electron chi connectivity index (χ3n) is 4.17. The molecule has 0 aromatic rings. The van der Waals surface area contributed by atoms with Gasteiger partial charge in [-0.05, 0) is 19.8 Å². The molecule has 1 aliphatic carbocycles. The highest BCUT2D eigenvalue weighted by molar-refractivity contribution is 6.39. The first-order valence-electron chi connectivity index (χ1n) is 6.83. The normalized spacial score (nSPS) is 30.1. The zero-order chi connectivity index (χ0) is 14.8. The molecular weight excluding hydrogens is 262 g/mol. The van der Waals surface area contributed by atoms with Crippen molar-refractivity contribution in [3.8, 4) is 0 Å². The molecule has 0 aromatic heterocycles. The summed E-state index contributed by atoms with van der Waals surface area (Å²) < 4.78 is 0. The number of rotatable bonds is 3. The van der Waals surface area contributed by atoms with Crippen molar-refractivity contribution in [2.45, 2.75) is 51.5 Å². The van der Waals surface area contributed by atoms with E-state index in [0.29, 0.717) is 12.8 Å². The highest BCUT2D eigenvalue weighted by Gasteiger charge is 2.44. The molecule has 0 spiro atoms. The van der Waals surface area contributed by atoms with Gasteiger partial charge in [0, 0.05) is 18.9 Å². The van der Waals surface area contributed by atoms with Crippen LogP contribution in [0.1, 0.15) is 45.4 Å². The molecule has 7 heteroatoms. The molecule has 2 amide bonds. The molecule has 0 radical (unpaired) electrons. The van der Waals surface area contributed by atoms with Gasteiger partial charge in [0.2, 0.25) is 5.91 Å². The van der Waals surface area contributed by atoms with E-state index in [1.54, 1.807) is 6.92 Å². The second-order valence-corrected chi connectivity index (χ2v) is 5.59. The number of nitrogens with zero attached hydrogens (tertiary/aromatic N) is 1. The number of hydrogen-bond acceptors (Lipinski definition) is 4. The van der Waals surface area contributed by atoms with Gasteiger partial charge in [-0.15, -0.1) is 0 Å². The molecule has 1 saturated carbocycles. The Labute approximate surface area is 116 Å². The molecular formula is C13H19N3O4. The average Bonchev–Trinajstić information content (AvgIpc) is 2.42. The number of carboxylic acid groups (broad SMARTS) is 1. The van der Waals surface area contributed by atoms with E-state index in [-0.39, 0.29) is 30.4 Å². The smallest absolute Gasteiger partial charge is 0.311 e. The first-order valence-corrected chi connectivity index (χ1v) is 6.83. The van der Waals surface area contributed by atoms with Crippen LogP contribution in [0, 0.1) is 5.41 Å². The van der Waals surface area contributed by atoms with Crippen molar-refractivity contribution in [2.24, 2.45) is 10.5 Å². The largest absolute Gasteiger partial charge is 0.481 e. The van der Waals surface area contributed by atoms with E-state index in [0.717, 1.165) is 12.8 Å². The minimum Gasteiger partial charge on any atom is -0.481 e. The third-order valence-corrected chi connectivity index (χ3v) is 4.17. The van der Waals surface area contributed by atoms with Gasteiger partial charge >= 0.3 is 5.97 Å². The Bertz CT molecular complexity index is 474. The standard InChI is InChI=1S/C13H19N3O4/c1-13(12(19)20)7-3-2-4-9(13)14-11(18)8-5-6-10(17)16-15-8/h9H,2-7H2,1H3,(H,14,18)(H,16,17)(H,19,20). The Morgan fingerprint density at radius 2 is 2.15 bits per heavy atom. The van der Waals surface area contributed by atoms with Gasteiger partial charge in [-0.2, -0.15) is 5.10 Å². The van der Waals surface area contributed by atoms with Crippen LogP contribution in [0.25, 0.3) is 0 Å². The Hall–Kier alpha value is -1.92. The Balaban J connectivity index is 2.06. The summed E-state index contributed by atoms with van der Waals surface area (Å²) in [5.74, 6) is -1.49. The quantitative estimate of drug-likeness (QED) is 0.696. The van der Waals surface area contributed by atoms with Crippen LogP contribution in [0.4, 0.5) is 0 Å². The van der Waals surface area contributed by atoms with Gasteiger partial charge in [-0.3, -0.25) is 14.4 Å². The first kappa shape index (κ1) is 14.5. The molecule has 2 atom stereocenters. The van der Waals surface area contributed by atoms with Gasteiger partial charge in [-0.1, -0.05) is 12.8 Å². The summed E-state index contributed by atoms with van der Waals surface area (Å²) >= 11 is 0. The van der Waals surface area contributed by atoms with Crippen LogP contribution >= 0.6 is 0 Å². The molecule has 1 heterocycles. The maximum absolute atomic E-state index is 12.1. The van der Waals surface area contributed by atoms with Crippen LogP contribution in [-0.4, -0.2) is 34.6 Å². The monoisotopic (exact) mass is 281 g/mol. The van der Waals surface area contributed by atoms with E-state index in [1.165, 1.54) is 0 Å². The molecule has 110 valence electrons. The Morgan fingerprint density at radius 3 is 2.75 bits per heavy atom. The number of amides is 2. The summed E-state index contributed by atoms with van der Waals surface area (Å²) in [7, 11) is 0. The lowest BCUT2D eigenvalue weighted by atomic mass is 9.71. The summed E-state index contributed by atoms with van der Waals surface area (Å²) in [5.41, 5.74) is 1.58. The minimum atomic E-state index is -0.938. The Kier molecular flexibility index (Phi) is 4.06. The summed E-state index contributed by atoms with van der Waals surface area (Å²) in [6.07, 6.45) is 3.47. The molecule has 2 unspecified atom stereocenters. The van der Waals surface area contributed by atoms with Crippen LogP contribution in [0.3, 0.4) is 0 Å². The predicted molar refractivity (Wildman–Crippen MR) is 71.0 cm³/mol. The number of hydrazone groups is 1. The number of aliphatic carboxylic acids is 1. The fraction of sp³-hybridized carbons (Fsp3) is 0.692. The van der Waals surface area contributed by atoms with Crippen LogP contribution < -0.4 is 10.7 Å². The topological polar surface area (TPSA) is 108 Å². The fourth-order valence-electron chi connectivity index (χ4n) is 2.70. The molecule has 0 saturated heterocycles. The van der Waals surface area contributed by atoms with E-state index in [1.807, 2.05) is 0 Å². The second kappa shape index (κ2) is 5.60. The lowest BCUT2D eigenvalue weighted by Gasteiger charge is -2.38. The molecule has 1 fully saturated rings. The number of nitrogens with one attached hydrogen (secondary N) is 2. The number of hydrogen-bond donors (Lipinski definition) is 3. The molecule has 0 aromatic carbocycles. The maximum atomic E-state index is 12.1. The van der Waals surface area contributed by atoms with Crippen molar-refractivity contribution in [1.29, 1.82) is 0 Å². The molecule has 2 aliphatic rings. The van der Waals surface area contributed by atoms with Crippen LogP contribution in [-0.2, 0) is 14.4 Å². The van der Waals surface area contributed by atoms with E-state index in [4.69, 9.17) is 0 Å². The van der Waals surface area contributed by atoms with E-state index in [2.05, 4.69) is 15.8 Å². The highest BCUT2D eigenvalue weighted by atomic mass is 16.4. The lowest BCUT2D eigenvalue weighted by molar-refractivity contribution is -0.151. The molecule has 7 nitrogen and oxygen atoms in total. The van der Waals surface area contributed by atoms with Crippen molar-refractivity contribution in [3.05, 3.63) is 0 Å². The summed E-state index contributed by atoms with van der Waals surface area (Å²) in [5, 5.41) is 15.9. The fourth-order valence-corrected chi connectivity index (χ4v) is 2.70. The van der Waals surface area contributed by atoms with Crippen LogP contribution in [0.15, 0.2) is 5.10 Å². The average molecular weight is 281 g/mol. The summed E-state index contributed by atoms with van der Waals surface area (Å²) in [6, 6.07) is -0.401. The highest BCUT2D eigenvalue weighted by Crippen LogP contribution is 2.36. The number of carbonyl (C=O) groups is 3. The number of carboxylic acids is 1. The summed E-state index contributed by atoms with van der Waals surface area (Å²) in [4.78, 5) is 34.5. The summed E-state index contributed by atoms with van der Waals surface area (Å²) in [6.45, 7) is 1.67.